The molecule has 0 saturated carbocycles. The van der Waals surface area contributed by atoms with Crippen molar-refractivity contribution in [1.29, 1.82) is 0 Å². The van der Waals surface area contributed by atoms with Gasteiger partial charge in [0.1, 0.15) is 5.01 Å². The second kappa shape index (κ2) is 4.81. The number of halogens is 1. The topological polar surface area (TPSA) is 78.6 Å². The normalized spacial score (nSPS) is 11.2. The number of hydrogen-bond donors (Lipinski definition) is 2. The fourth-order valence-electron chi connectivity index (χ4n) is 2.13. The standard InChI is InChI=1S/C13H10IN3O2S/c1-5-3-7-10(16-13(19)17-11(7)18)9(14)8(5)12-15-6(2)4-20-12/h3-4H,1-2H3,(H2,16,17,18,19). The molecule has 0 saturated heterocycles. The monoisotopic (exact) mass is 399 g/mol. The molecule has 0 atom stereocenters. The fourth-order valence-corrected chi connectivity index (χ4v) is 4.33. The van der Waals surface area contributed by atoms with Crippen molar-refractivity contribution in [2.24, 2.45) is 0 Å². The maximum absolute atomic E-state index is 11.9. The third-order valence-corrected chi connectivity index (χ3v) is 5.06. The number of benzene rings is 1. The highest BCUT2D eigenvalue weighted by Gasteiger charge is 2.16. The lowest BCUT2D eigenvalue weighted by molar-refractivity contribution is 1.08. The second-order valence-corrected chi connectivity index (χ2v) is 6.44. The Labute approximate surface area is 131 Å². The van der Waals surface area contributed by atoms with Crippen LogP contribution in [0.5, 0.6) is 0 Å². The summed E-state index contributed by atoms with van der Waals surface area (Å²) >= 11 is 3.71. The van der Waals surface area contributed by atoms with E-state index >= 15 is 0 Å². The zero-order valence-corrected chi connectivity index (χ0v) is 13.7. The van der Waals surface area contributed by atoms with Gasteiger partial charge >= 0.3 is 5.69 Å². The van der Waals surface area contributed by atoms with Crippen LogP contribution in [-0.4, -0.2) is 15.0 Å². The number of H-pyrrole nitrogens is 2. The number of aromatic nitrogens is 3. The first-order valence-electron chi connectivity index (χ1n) is 5.85. The van der Waals surface area contributed by atoms with Crippen LogP contribution in [-0.2, 0) is 0 Å². The van der Waals surface area contributed by atoms with E-state index in [1.165, 1.54) is 0 Å². The maximum Gasteiger partial charge on any atom is 0.326 e. The van der Waals surface area contributed by atoms with Crippen LogP contribution in [0, 0.1) is 17.4 Å². The highest BCUT2D eigenvalue weighted by molar-refractivity contribution is 14.1. The highest BCUT2D eigenvalue weighted by Crippen LogP contribution is 2.34. The summed E-state index contributed by atoms with van der Waals surface area (Å²) in [6, 6.07) is 1.79. The fraction of sp³-hybridized carbons (Fsp3) is 0.154. The zero-order chi connectivity index (χ0) is 14.4. The number of hydrogen-bond acceptors (Lipinski definition) is 4. The first-order valence-corrected chi connectivity index (χ1v) is 7.81. The van der Waals surface area contributed by atoms with E-state index in [0.29, 0.717) is 10.9 Å². The minimum Gasteiger partial charge on any atom is -0.306 e. The molecule has 3 rings (SSSR count). The van der Waals surface area contributed by atoms with Crippen LogP contribution < -0.4 is 11.2 Å². The Kier molecular flexibility index (Phi) is 3.25. The molecule has 0 unspecified atom stereocenters. The third-order valence-electron chi connectivity index (χ3n) is 3.01. The van der Waals surface area contributed by atoms with Crippen molar-refractivity contribution in [1.82, 2.24) is 15.0 Å². The molecule has 0 spiro atoms. The molecular formula is C13H10IN3O2S. The van der Waals surface area contributed by atoms with Crippen molar-refractivity contribution in [3.05, 3.63) is 47.1 Å². The van der Waals surface area contributed by atoms with Gasteiger partial charge < -0.3 is 4.98 Å². The molecular weight excluding hydrogens is 389 g/mol. The number of nitrogens with one attached hydrogen (secondary N) is 2. The number of aryl methyl sites for hydroxylation is 2. The summed E-state index contributed by atoms with van der Waals surface area (Å²) < 4.78 is 0.843. The summed E-state index contributed by atoms with van der Waals surface area (Å²) in [6.07, 6.45) is 0. The summed E-state index contributed by atoms with van der Waals surface area (Å²) in [6.45, 7) is 3.88. The number of fused-ring (bicyclic) bond motifs is 1. The van der Waals surface area contributed by atoms with E-state index in [1.54, 1.807) is 17.4 Å². The van der Waals surface area contributed by atoms with Crippen molar-refractivity contribution in [2.45, 2.75) is 13.8 Å². The van der Waals surface area contributed by atoms with Gasteiger partial charge in [-0.05, 0) is 48.1 Å². The average Bonchev–Trinajstić information content (AvgIpc) is 2.78. The first-order chi connectivity index (χ1) is 9.47. The minimum absolute atomic E-state index is 0.369. The van der Waals surface area contributed by atoms with Gasteiger partial charge in [0.05, 0.1) is 10.9 Å². The number of rotatable bonds is 1. The molecule has 1 aromatic carbocycles. The van der Waals surface area contributed by atoms with Gasteiger partial charge in [-0.1, -0.05) is 0 Å². The van der Waals surface area contributed by atoms with E-state index in [9.17, 15) is 9.59 Å². The van der Waals surface area contributed by atoms with E-state index in [1.807, 2.05) is 19.2 Å². The van der Waals surface area contributed by atoms with E-state index in [0.717, 1.165) is 25.4 Å². The smallest absolute Gasteiger partial charge is 0.306 e. The molecule has 2 heterocycles. The average molecular weight is 399 g/mol. The second-order valence-electron chi connectivity index (χ2n) is 4.51. The predicted molar refractivity (Wildman–Crippen MR) is 88.5 cm³/mol. The van der Waals surface area contributed by atoms with Crippen LogP contribution in [0.25, 0.3) is 21.5 Å². The third kappa shape index (κ3) is 2.10. The van der Waals surface area contributed by atoms with Crippen LogP contribution >= 0.6 is 33.9 Å². The summed E-state index contributed by atoms with van der Waals surface area (Å²) in [4.78, 5) is 32.8. The quantitative estimate of drug-likeness (QED) is 0.618. The van der Waals surface area contributed by atoms with Gasteiger partial charge in [0.15, 0.2) is 0 Å². The Hall–Kier alpha value is -1.48. The van der Waals surface area contributed by atoms with Gasteiger partial charge in [-0.2, -0.15) is 0 Å². The molecule has 2 N–H and O–H groups in total. The van der Waals surface area contributed by atoms with Crippen molar-refractivity contribution < 1.29 is 0 Å². The molecule has 5 nitrogen and oxygen atoms in total. The SMILES string of the molecule is Cc1csc(-c2c(C)cc3c(=O)[nH]c(=O)[nH]c3c2I)n1. The molecule has 0 aliphatic rings. The molecule has 0 radical (unpaired) electrons. The lowest BCUT2D eigenvalue weighted by Gasteiger charge is -2.09. The molecule has 0 bridgehead atoms. The Bertz CT molecular complexity index is 939. The first kappa shape index (κ1) is 13.5. The largest absolute Gasteiger partial charge is 0.326 e. The summed E-state index contributed by atoms with van der Waals surface area (Å²) in [5.74, 6) is 0. The number of thiazole rings is 1. The molecule has 0 amide bonds. The summed E-state index contributed by atoms with van der Waals surface area (Å²) in [5.41, 5.74) is 2.59. The van der Waals surface area contributed by atoms with Gasteiger partial charge in [0, 0.05) is 20.2 Å². The van der Waals surface area contributed by atoms with Gasteiger partial charge in [-0.15, -0.1) is 11.3 Å². The van der Waals surface area contributed by atoms with Crippen LogP contribution in [0.15, 0.2) is 21.0 Å². The Balaban J connectivity index is 2.46. The number of aromatic amines is 2. The van der Waals surface area contributed by atoms with Crippen LogP contribution in [0.1, 0.15) is 11.3 Å². The van der Waals surface area contributed by atoms with Crippen LogP contribution in [0.2, 0.25) is 0 Å². The van der Waals surface area contributed by atoms with Gasteiger partial charge in [0.25, 0.3) is 5.56 Å². The van der Waals surface area contributed by atoms with E-state index in [4.69, 9.17) is 0 Å². The van der Waals surface area contributed by atoms with Crippen molar-refractivity contribution in [3.8, 4) is 10.6 Å². The van der Waals surface area contributed by atoms with E-state index < -0.39 is 5.69 Å². The van der Waals surface area contributed by atoms with E-state index in [2.05, 4.69) is 37.5 Å². The van der Waals surface area contributed by atoms with Crippen LogP contribution in [0.4, 0.5) is 0 Å². The molecule has 0 fully saturated rings. The molecule has 7 heteroatoms. The Morgan fingerprint density at radius 1 is 1.25 bits per heavy atom. The highest BCUT2D eigenvalue weighted by atomic mass is 127. The van der Waals surface area contributed by atoms with Crippen molar-refractivity contribution >= 4 is 44.8 Å². The lowest BCUT2D eigenvalue weighted by Crippen LogP contribution is -2.22. The number of nitrogens with zero attached hydrogens (tertiary/aromatic N) is 1. The Morgan fingerprint density at radius 2 is 2.00 bits per heavy atom. The zero-order valence-electron chi connectivity index (χ0n) is 10.7. The Morgan fingerprint density at radius 3 is 2.65 bits per heavy atom. The molecule has 3 aromatic rings. The molecule has 0 aliphatic carbocycles. The van der Waals surface area contributed by atoms with Crippen LogP contribution in [0.3, 0.4) is 0 Å². The molecule has 20 heavy (non-hydrogen) atoms. The maximum atomic E-state index is 11.9. The minimum atomic E-state index is -0.495. The lowest BCUT2D eigenvalue weighted by atomic mass is 10.1. The predicted octanol–water partition coefficient (Wildman–Crippen LogP) is 2.56. The molecule has 2 aromatic heterocycles. The molecule has 102 valence electrons. The van der Waals surface area contributed by atoms with Gasteiger partial charge in [-0.25, -0.2) is 9.78 Å². The van der Waals surface area contributed by atoms with Gasteiger partial charge in [-0.3, -0.25) is 9.78 Å². The van der Waals surface area contributed by atoms with Crippen molar-refractivity contribution in [2.75, 3.05) is 0 Å². The summed E-state index contributed by atoms with van der Waals surface area (Å²) in [5, 5.41) is 3.37. The van der Waals surface area contributed by atoms with Crippen molar-refractivity contribution in [3.63, 3.8) is 0 Å². The van der Waals surface area contributed by atoms with E-state index in [-0.39, 0.29) is 5.56 Å². The summed E-state index contributed by atoms with van der Waals surface area (Å²) in [7, 11) is 0. The van der Waals surface area contributed by atoms with Gasteiger partial charge in [0.2, 0.25) is 0 Å². The molecule has 0 aliphatic heterocycles.